The number of aliphatic hydroxyl groups is 7. The maximum Gasteiger partial charge on any atom is 0.302 e. The molecule has 5 aliphatic carbocycles. The van der Waals surface area contributed by atoms with Gasteiger partial charge in [0.2, 0.25) is 0 Å². The van der Waals surface area contributed by atoms with E-state index in [4.69, 9.17) is 28.4 Å². The van der Waals surface area contributed by atoms with Crippen LogP contribution in [0.25, 0.3) is 0 Å². The predicted octanol–water partition coefficient (Wildman–Crippen LogP) is 2.35. The molecule has 0 aromatic heterocycles. The van der Waals surface area contributed by atoms with Crippen molar-refractivity contribution in [3.8, 4) is 0 Å². The van der Waals surface area contributed by atoms with Crippen molar-refractivity contribution in [1.29, 1.82) is 0 Å². The molecule has 3 aliphatic heterocycles. The van der Waals surface area contributed by atoms with Crippen molar-refractivity contribution in [3.63, 3.8) is 0 Å². The lowest BCUT2D eigenvalue weighted by Gasteiger charge is -2.73. The Balaban J connectivity index is 1.03. The van der Waals surface area contributed by atoms with Gasteiger partial charge in [0.25, 0.3) is 0 Å². The van der Waals surface area contributed by atoms with Gasteiger partial charge in [-0.3, -0.25) is 4.79 Å². The molecule has 7 fully saturated rings. The molecule has 14 heteroatoms. The second kappa shape index (κ2) is 14.4. The third-order valence-corrected chi connectivity index (χ3v) is 18.2. The molecule has 4 saturated carbocycles. The van der Waals surface area contributed by atoms with Crippen LogP contribution in [0.4, 0.5) is 0 Å². The van der Waals surface area contributed by atoms with Crippen LogP contribution in [0.3, 0.4) is 0 Å². The number of fused-ring (bicyclic) bond motifs is 4. The Hall–Kier alpha value is -1.27. The molecule has 3 saturated heterocycles. The molecule has 0 aromatic carbocycles. The van der Waals surface area contributed by atoms with Crippen molar-refractivity contribution in [2.45, 2.75) is 186 Å². The summed E-state index contributed by atoms with van der Waals surface area (Å²) in [6, 6.07) is 0. The third kappa shape index (κ3) is 5.97. The number of aliphatic hydroxyl groups excluding tert-OH is 7. The van der Waals surface area contributed by atoms with Gasteiger partial charge in [-0.05, 0) is 86.4 Å². The molecule has 0 amide bonds. The van der Waals surface area contributed by atoms with Gasteiger partial charge in [-0.1, -0.05) is 53.7 Å². The largest absolute Gasteiger partial charge is 0.463 e. The van der Waals surface area contributed by atoms with E-state index >= 15 is 0 Å². The van der Waals surface area contributed by atoms with Crippen LogP contribution in [0.15, 0.2) is 12.2 Å². The van der Waals surface area contributed by atoms with E-state index in [1.807, 2.05) is 0 Å². The number of hydrogen-bond donors (Lipinski definition) is 7. The molecule has 1 spiro atoms. The fourth-order valence-electron chi connectivity index (χ4n) is 14.5. The second-order valence-corrected chi connectivity index (χ2v) is 21.6. The van der Waals surface area contributed by atoms with Crippen LogP contribution >= 0.6 is 0 Å². The standard InChI is InChI=1S/C44H70O14/c1-22-30(48)35(58-36-33(51)32(50)31(49)24(56-36)19-53-23(2)46)34(52)37(55-22)57-29-11-12-39(5)25(40(29,6)20-45)9-13-41(7)26(39)10-14-44-27-17-38(3,4)15-16-43(27,21-54-44)28(47)18-42(41,44)8/h10,14,22,24-37,45,47-52H,9,11-13,15-21H2,1-8H3/t22-,24-,25?,26?,27-,28-,29+,30+,31-,32+,33-,34-,35+,36+,37+,39+,40+,41-,42+,43?,44?/m1/s1. The Bertz CT molecular complexity index is 1610. The first-order chi connectivity index (χ1) is 27.0. The van der Waals surface area contributed by atoms with Gasteiger partial charge in [-0.25, -0.2) is 0 Å². The summed E-state index contributed by atoms with van der Waals surface area (Å²) in [7, 11) is 0. The smallest absolute Gasteiger partial charge is 0.302 e. The van der Waals surface area contributed by atoms with Crippen LogP contribution in [0.1, 0.15) is 107 Å². The summed E-state index contributed by atoms with van der Waals surface area (Å²) in [5.74, 6) is -0.223. The summed E-state index contributed by atoms with van der Waals surface area (Å²) in [4.78, 5) is 11.4. The summed E-state index contributed by atoms with van der Waals surface area (Å²) < 4.78 is 36.5. The molecular formula is C44H70O14. The minimum atomic E-state index is -1.76. The van der Waals surface area contributed by atoms with E-state index in [1.165, 1.54) is 6.92 Å². The molecule has 0 radical (unpaired) electrons. The van der Waals surface area contributed by atoms with Crippen molar-refractivity contribution in [1.82, 2.24) is 0 Å². The molecule has 8 aliphatic rings. The van der Waals surface area contributed by atoms with Crippen molar-refractivity contribution >= 4 is 5.97 Å². The van der Waals surface area contributed by atoms with Crippen molar-refractivity contribution in [2.24, 2.45) is 50.2 Å². The average Bonchev–Trinajstić information content (AvgIpc) is 3.44. The number of rotatable bonds is 7. The molecule has 0 aromatic rings. The summed E-state index contributed by atoms with van der Waals surface area (Å²) in [5, 5.41) is 78.2. The lowest BCUT2D eigenvalue weighted by Crippen LogP contribution is -2.72. The van der Waals surface area contributed by atoms with Gasteiger partial charge in [-0.2, -0.15) is 0 Å². The Labute approximate surface area is 342 Å². The van der Waals surface area contributed by atoms with E-state index in [9.17, 15) is 40.5 Å². The SMILES string of the molecule is CC(=O)OC[C@H]1O[C@@H](O[C@H]2[C@@H](O)[C@@H](C)O[C@@H](O[C@H]3CC[C@@]4(C)C(CC[C@]5(C)C4C=CC46OCC7(CCC(C)(C)C[C@H]74)[C@H](O)C[C@]65C)[C@]3(C)CO)[C@@H]2O)[C@H](O)[C@@H](O)[C@@H]1O. The molecule has 58 heavy (non-hydrogen) atoms. The van der Waals surface area contributed by atoms with Gasteiger partial charge in [0, 0.05) is 29.1 Å². The van der Waals surface area contributed by atoms with E-state index < -0.39 is 97.2 Å². The summed E-state index contributed by atoms with van der Waals surface area (Å²) in [5.41, 5.74) is -1.98. The lowest BCUT2D eigenvalue weighted by atomic mass is 9.32. The summed E-state index contributed by atoms with van der Waals surface area (Å²) >= 11 is 0. The van der Waals surface area contributed by atoms with Gasteiger partial charge in [0.05, 0.1) is 37.1 Å². The van der Waals surface area contributed by atoms with Crippen LogP contribution in [-0.2, 0) is 33.2 Å². The quantitative estimate of drug-likeness (QED) is 0.112. The fourth-order valence-corrected chi connectivity index (χ4v) is 14.5. The van der Waals surface area contributed by atoms with Gasteiger partial charge in [0.1, 0.15) is 49.3 Å². The van der Waals surface area contributed by atoms with Crippen molar-refractivity contribution in [3.05, 3.63) is 12.2 Å². The molecule has 2 bridgehead atoms. The molecule has 330 valence electrons. The number of allylic oxidation sites excluding steroid dienone is 1. The Morgan fingerprint density at radius 2 is 1.50 bits per heavy atom. The number of esters is 1. The number of carbonyl (C=O) groups is 1. The van der Waals surface area contributed by atoms with E-state index in [-0.39, 0.29) is 51.4 Å². The Kier molecular flexibility index (Phi) is 10.8. The predicted molar refractivity (Wildman–Crippen MR) is 206 cm³/mol. The highest BCUT2D eigenvalue weighted by Crippen LogP contribution is 2.79. The zero-order valence-electron chi connectivity index (χ0n) is 35.6. The zero-order valence-corrected chi connectivity index (χ0v) is 35.6. The number of carbonyl (C=O) groups excluding carboxylic acids is 1. The molecule has 8 rings (SSSR count). The zero-order chi connectivity index (χ0) is 42.2. The first kappa shape index (κ1) is 43.4. The van der Waals surface area contributed by atoms with Gasteiger partial charge < -0.3 is 64.2 Å². The highest BCUT2D eigenvalue weighted by Gasteiger charge is 2.79. The topological polar surface area (TPSA) is 214 Å². The normalized spacial score (nSPS) is 57.1. The van der Waals surface area contributed by atoms with Gasteiger partial charge >= 0.3 is 5.97 Å². The minimum Gasteiger partial charge on any atom is -0.463 e. The minimum absolute atomic E-state index is 0.0264. The lowest BCUT2D eigenvalue weighted by molar-refractivity contribution is -0.367. The molecule has 4 unspecified atom stereocenters. The first-order valence-electron chi connectivity index (χ1n) is 21.8. The summed E-state index contributed by atoms with van der Waals surface area (Å²) in [6.45, 7) is 16.8. The Morgan fingerprint density at radius 1 is 0.793 bits per heavy atom. The van der Waals surface area contributed by atoms with Crippen LogP contribution in [-0.4, -0.2) is 141 Å². The Morgan fingerprint density at radius 3 is 2.19 bits per heavy atom. The molecule has 3 heterocycles. The molecule has 7 N–H and O–H groups in total. The van der Waals surface area contributed by atoms with E-state index in [0.29, 0.717) is 19.4 Å². The monoisotopic (exact) mass is 822 g/mol. The van der Waals surface area contributed by atoms with Crippen molar-refractivity contribution < 1.29 is 69.0 Å². The highest BCUT2D eigenvalue weighted by atomic mass is 16.7. The van der Waals surface area contributed by atoms with Crippen LogP contribution in [0.2, 0.25) is 0 Å². The highest BCUT2D eigenvalue weighted by molar-refractivity contribution is 5.65. The van der Waals surface area contributed by atoms with Crippen LogP contribution in [0.5, 0.6) is 0 Å². The maximum absolute atomic E-state index is 12.2. The number of ether oxygens (including phenoxy) is 6. The summed E-state index contributed by atoms with van der Waals surface area (Å²) in [6.07, 6.45) is -3.78. The van der Waals surface area contributed by atoms with E-state index in [0.717, 1.165) is 38.5 Å². The van der Waals surface area contributed by atoms with E-state index in [1.54, 1.807) is 6.92 Å². The second-order valence-electron chi connectivity index (χ2n) is 21.6. The van der Waals surface area contributed by atoms with E-state index in [2.05, 4.69) is 53.7 Å². The third-order valence-electron chi connectivity index (χ3n) is 18.2. The molecule has 21 atom stereocenters. The van der Waals surface area contributed by atoms with Crippen LogP contribution < -0.4 is 0 Å². The fraction of sp³-hybridized carbons (Fsp3) is 0.932. The number of hydrogen-bond acceptors (Lipinski definition) is 14. The van der Waals surface area contributed by atoms with Crippen LogP contribution in [0, 0.1) is 50.2 Å². The molecule has 14 nitrogen and oxygen atoms in total. The molecular weight excluding hydrogens is 752 g/mol. The first-order valence-corrected chi connectivity index (χ1v) is 21.8. The van der Waals surface area contributed by atoms with Gasteiger partial charge in [-0.15, -0.1) is 0 Å². The maximum atomic E-state index is 12.2. The average molecular weight is 823 g/mol. The van der Waals surface area contributed by atoms with Crippen molar-refractivity contribution in [2.75, 3.05) is 19.8 Å². The van der Waals surface area contributed by atoms with Gasteiger partial charge in [0.15, 0.2) is 12.6 Å².